The molecule has 0 spiro atoms. The summed E-state index contributed by atoms with van der Waals surface area (Å²) in [5, 5.41) is 3.52. The molecule has 2 fully saturated rings. The van der Waals surface area contributed by atoms with Gasteiger partial charge in [0.15, 0.2) is 0 Å². The molecule has 2 heterocycles. The number of piperidine rings is 1. The second kappa shape index (κ2) is 5.14. The summed E-state index contributed by atoms with van der Waals surface area (Å²) in [7, 11) is 1.40. The Bertz CT molecular complexity index is 225. The van der Waals surface area contributed by atoms with Gasteiger partial charge in [-0.1, -0.05) is 0 Å². The highest BCUT2D eigenvalue weighted by atomic mass is 35.5. The number of carbonyl (C=O) groups excluding carboxylic acids is 1. The van der Waals surface area contributed by atoms with Crippen LogP contribution in [0.4, 0.5) is 0 Å². The van der Waals surface area contributed by atoms with Crippen LogP contribution in [0.2, 0.25) is 0 Å². The Hall–Kier alpha value is -0.320. The minimum absolute atomic E-state index is 0. The number of nitrogens with two attached hydrogens (primary N) is 1. The van der Waals surface area contributed by atoms with Crippen LogP contribution in [0.1, 0.15) is 25.7 Å². The van der Waals surface area contributed by atoms with E-state index in [-0.39, 0.29) is 18.4 Å². The predicted molar refractivity (Wildman–Crippen MR) is 59.9 cm³/mol. The van der Waals surface area contributed by atoms with Gasteiger partial charge in [-0.25, -0.2) is 0 Å². The molecule has 0 amide bonds. The number of hydrogen-bond donors (Lipinski definition) is 2. The number of hydrogen-bond acceptors (Lipinski definition) is 4. The lowest BCUT2D eigenvalue weighted by Crippen LogP contribution is -2.47. The molecular weight excluding hydrogens is 216 g/mol. The minimum Gasteiger partial charge on any atom is -0.468 e. The van der Waals surface area contributed by atoms with Crippen molar-refractivity contribution >= 4 is 18.4 Å². The second-order valence-corrected chi connectivity index (χ2v) is 4.42. The average Bonchev–Trinajstić information content (AvgIpc) is 2.55. The van der Waals surface area contributed by atoms with Gasteiger partial charge in [0.05, 0.1) is 7.11 Å². The molecule has 0 saturated carbocycles. The molecule has 4 nitrogen and oxygen atoms in total. The third-order valence-corrected chi connectivity index (χ3v) is 3.49. The summed E-state index contributed by atoms with van der Waals surface area (Å²) in [5.74, 6) is 0.0394. The maximum absolute atomic E-state index is 11.3. The first-order valence-corrected chi connectivity index (χ1v) is 5.30. The van der Waals surface area contributed by atoms with E-state index in [0.29, 0.717) is 18.0 Å². The van der Waals surface area contributed by atoms with Crippen molar-refractivity contribution in [3.8, 4) is 0 Å². The molecule has 2 aliphatic rings. The number of rotatable bonds is 2. The summed E-state index contributed by atoms with van der Waals surface area (Å²) in [6.45, 7) is 0. The van der Waals surface area contributed by atoms with Crippen LogP contribution >= 0.6 is 12.4 Å². The zero-order chi connectivity index (χ0) is 10.1. The smallest absolute Gasteiger partial charge is 0.322 e. The minimum atomic E-state index is -0.426. The summed E-state index contributed by atoms with van der Waals surface area (Å²) in [6.07, 6.45) is 4.50. The highest BCUT2D eigenvalue weighted by molar-refractivity contribution is 5.85. The van der Waals surface area contributed by atoms with Gasteiger partial charge in [0.25, 0.3) is 0 Å². The number of nitrogens with one attached hydrogen (secondary N) is 1. The fourth-order valence-electron chi connectivity index (χ4n) is 2.72. The molecule has 3 N–H and O–H groups in total. The summed E-state index contributed by atoms with van der Waals surface area (Å²) < 4.78 is 4.67. The fraction of sp³-hybridized carbons (Fsp3) is 0.900. The molecule has 2 bridgehead atoms. The molecule has 15 heavy (non-hydrogen) atoms. The molecule has 5 heteroatoms. The van der Waals surface area contributed by atoms with Crippen molar-refractivity contribution in [3.05, 3.63) is 0 Å². The normalized spacial score (nSPS) is 35.5. The van der Waals surface area contributed by atoms with Gasteiger partial charge in [0.2, 0.25) is 0 Å². The van der Waals surface area contributed by atoms with E-state index >= 15 is 0 Å². The van der Waals surface area contributed by atoms with E-state index in [9.17, 15) is 4.79 Å². The molecule has 0 aliphatic carbocycles. The highest BCUT2D eigenvalue weighted by Gasteiger charge is 2.38. The number of halogens is 1. The van der Waals surface area contributed by atoms with E-state index in [4.69, 9.17) is 5.73 Å². The van der Waals surface area contributed by atoms with Crippen LogP contribution in [0.15, 0.2) is 0 Å². The fourth-order valence-corrected chi connectivity index (χ4v) is 2.72. The van der Waals surface area contributed by atoms with Gasteiger partial charge in [0.1, 0.15) is 6.04 Å². The van der Waals surface area contributed by atoms with Gasteiger partial charge < -0.3 is 15.8 Å². The van der Waals surface area contributed by atoms with Crippen LogP contribution in [0.25, 0.3) is 0 Å². The van der Waals surface area contributed by atoms with Crippen molar-refractivity contribution in [3.63, 3.8) is 0 Å². The summed E-state index contributed by atoms with van der Waals surface area (Å²) in [5.41, 5.74) is 5.85. The van der Waals surface area contributed by atoms with Gasteiger partial charge in [-0.2, -0.15) is 0 Å². The molecule has 2 unspecified atom stereocenters. The molecule has 2 rings (SSSR count). The second-order valence-electron chi connectivity index (χ2n) is 4.42. The highest BCUT2D eigenvalue weighted by Crippen LogP contribution is 2.32. The molecule has 0 aromatic carbocycles. The van der Waals surface area contributed by atoms with Crippen molar-refractivity contribution in [2.45, 2.75) is 43.8 Å². The predicted octanol–water partition coefficient (Wildman–Crippen LogP) is 0.439. The monoisotopic (exact) mass is 234 g/mol. The lowest BCUT2D eigenvalue weighted by Gasteiger charge is -2.31. The third kappa shape index (κ3) is 2.62. The largest absolute Gasteiger partial charge is 0.468 e. The van der Waals surface area contributed by atoms with Gasteiger partial charge >= 0.3 is 5.97 Å². The van der Waals surface area contributed by atoms with Crippen molar-refractivity contribution in [2.75, 3.05) is 7.11 Å². The van der Waals surface area contributed by atoms with Gasteiger partial charge in [-0.05, 0) is 31.6 Å². The van der Waals surface area contributed by atoms with E-state index in [1.54, 1.807) is 0 Å². The van der Waals surface area contributed by atoms with Crippen LogP contribution in [-0.2, 0) is 9.53 Å². The van der Waals surface area contributed by atoms with Crippen LogP contribution in [0.5, 0.6) is 0 Å². The van der Waals surface area contributed by atoms with E-state index in [1.165, 1.54) is 20.0 Å². The molecule has 0 aromatic heterocycles. The molecular formula is C10H19ClN2O2. The van der Waals surface area contributed by atoms with Crippen LogP contribution in [0, 0.1) is 5.92 Å². The Morgan fingerprint density at radius 1 is 1.40 bits per heavy atom. The van der Waals surface area contributed by atoms with Gasteiger partial charge in [0, 0.05) is 12.1 Å². The van der Waals surface area contributed by atoms with E-state index in [1.807, 2.05) is 0 Å². The first-order valence-electron chi connectivity index (χ1n) is 5.30. The quantitative estimate of drug-likeness (QED) is 0.681. The van der Waals surface area contributed by atoms with Crippen LogP contribution in [-0.4, -0.2) is 31.2 Å². The van der Waals surface area contributed by atoms with Gasteiger partial charge in [-0.15, -0.1) is 12.4 Å². The Balaban J connectivity index is 0.00000112. The average molecular weight is 235 g/mol. The number of fused-ring (bicyclic) bond motifs is 2. The lowest BCUT2D eigenvalue weighted by molar-refractivity contribution is -0.143. The SMILES string of the molecule is COC(=O)[C@@H](N)C1CC2CCC(C1)N2.Cl. The maximum Gasteiger partial charge on any atom is 0.322 e. The number of carbonyl (C=O) groups is 1. The van der Waals surface area contributed by atoms with Crippen molar-refractivity contribution < 1.29 is 9.53 Å². The van der Waals surface area contributed by atoms with Gasteiger partial charge in [-0.3, -0.25) is 4.79 Å². The first-order chi connectivity index (χ1) is 6.70. The Morgan fingerprint density at radius 2 is 1.93 bits per heavy atom. The standard InChI is InChI=1S/C10H18N2O2.ClH/c1-14-10(13)9(11)6-4-7-2-3-8(5-6)12-7;/h6-9,12H,2-5,11H2,1H3;1H/t6?,7?,8?,9-;/m0./s1. The molecule has 2 saturated heterocycles. The Morgan fingerprint density at radius 3 is 2.40 bits per heavy atom. The van der Waals surface area contributed by atoms with E-state index in [0.717, 1.165) is 12.8 Å². The summed E-state index contributed by atoms with van der Waals surface area (Å²) in [4.78, 5) is 11.3. The number of methoxy groups -OCH3 is 1. The maximum atomic E-state index is 11.3. The zero-order valence-electron chi connectivity index (χ0n) is 8.94. The summed E-state index contributed by atoms with van der Waals surface area (Å²) in [6, 6.07) is 0.731. The van der Waals surface area contributed by atoms with Crippen LogP contribution < -0.4 is 11.1 Å². The molecule has 3 atom stereocenters. The molecule has 88 valence electrons. The summed E-state index contributed by atoms with van der Waals surface area (Å²) >= 11 is 0. The third-order valence-electron chi connectivity index (χ3n) is 3.49. The van der Waals surface area contributed by atoms with E-state index in [2.05, 4.69) is 10.1 Å². The molecule has 2 aliphatic heterocycles. The topological polar surface area (TPSA) is 64.3 Å². The van der Waals surface area contributed by atoms with E-state index < -0.39 is 6.04 Å². The Labute approximate surface area is 96.3 Å². The Kier molecular flexibility index (Phi) is 4.37. The van der Waals surface area contributed by atoms with Crippen molar-refractivity contribution in [2.24, 2.45) is 11.7 Å². The van der Waals surface area contributed by atoms with Crippen molar-refractivity contribution in [1.82, 2.24) is 5.32 Å². The first kappa shape index (κ1) is 12.7. The number of esters is 1. The number of ether oxygens (including phenoxy) is 1. The van der Waals surface area contributed by atoms with Crippen molar-refractivity contribution in [1.29, 1.82) is 0 Å². The lowest BCUT2D eigenvalue weighted by atomic mass is 9.86. The zero-order valence-corrected chi connectivity index (χ0v) is 9.76. The molecule has 0 aromatic rings. The molecule has 0 radical (unpaired) electrons. The van der Waals surface area contributed by atoms with Crippen LogP contribution in [0.3, 0.4) is 0 Å².